The molecule has 0 saturated carbocycles. The van der Waals surface area contributed by atoms with Crippen molar-refractivity contribution >= 4 is 21.9 Å². The average molecular weight is 386 g/mol. The van der Waals surface area contributed by atoms with Crippen LogP contribution in [0.25, 0.3) is 0 Å². The highest BCUT2D eigenvalue weighted by Gasteiger charge is 2.28. The molecule has 3 N–H and O–H groups in total. The third-order valence-corrected chi connectivity index (χ3v) is 5.12. The van der Waals surface area contributed by atoms with Crippen LogP contribution in [0.1, 0.15) is 26.7 Å². The van der Waals surface area contributed by atoms with Crippen LogP contribution < -0.4 is 19.5 Å². The van der Waals surface area contributed by atoms with Crippen molar-refractivity contribution in [2.24, 2.45) is 0 Å². The summed E-state index contributed by atoms with van der Waals surface area (Å²) in [6, 6.07) is 4.29. The molecule has 1 aromatic rings. The first-order chi connectivity index (χ1) is 12.1. The lowest BCUT2D eigenvalue weighted by Crippen LogP contribution is -2.50. The van der Waals surface area contributed by atoms with Crippen LogP contribution in [0.4, 0.5) is 0 Å². The summed E-state index contributed by atoms with van der Waals surface area (Å²) in [5, 5.41) is 11.3. The summed E-state index contributed by atoms with van der Waals surface area (Å²) in [7, 11) is -3.84. The molecular formula is C16H22N2O7S. The van der Waals surface area contributed by atoms with Gasteiger partial charge in [0.25, 0.3) is 0 Å². The van der Waals surface area contributed by atoms with Gasteiger partial charge in [-0.15, -0.1) is 0 Å². The van der Waals surface area contributed by atoms with Crippen LogP contribution in [-0.4, -0.2) is 50.7 Å². The number of ether oxygens (including phenoxy) is 2. The van der Waals surface area contributed by atoms with E-state index in [1.54, 1.807) is 0 Å². The van der Waals surface area contributed by atoms with E-state index in [1.165, 1.54) is 32.0 Å². The topological polar surface area (TPSA) is 131 Å². The van der Waals surface area contributed by atoms with Gasteiger partial charge in [0, 0.05) is 25.5 Å². The quantitative estimate of drug-likeness (QED) is 0.622. The molecule has 0 saturated heterocycles. The molecule has 0 aromatic heterocycles. The van der Waals surface area contributed by atoms with E-state index < -0.39 is 27.4 Å². The number of fused-ring (bicyclic) bond motifs is 1. The van der Waals surface area contributed by atoms with Crippen molar-refractivity contribution in [1.29, 1.82) is 0 Å². The number of carbonyl (C=O) groups is 2. The van der Waals surface area contributed by atoms with Crippen molar-refractivity contribution in [3.8, 4) is 11.5 Å². The second kappa shape index (κ2) is 7.92. The number of hydrogen-bond donors (Lipinski definition) is 3. The molecule has 0 radical (unpaired) electrons. The number of hydrogen-bond acceptors (Lipinski definition) is 6. The van der Waals surface area contributed by atoms with Gasteiger partial charge >= 0.3 is 5.97 Å². The molecule has 10 heteroatoms. The Morgan fingerprint density at radius 3 is 2.50 bits per heavy atom. The molecule has 0 fully saturated rings. The Morgan fingerprint density at radius 1 is 1.19 bits per heavy atom. The summed E-state index contributed by atoms with van der Waals surface area (Å²) in [5.41, 5.74) is -1.43. The Bertz CT molecular complexity index is 790. The predicted octanol–water partition coefficient (Wildman–Crippen LogP) is 0.496. The number of nitrogens with one attached hydrogen (secondary N) is 2. The number of rotatable bonds is 7. The smallest absolute Gasteiger partial charge is 0.328 e. The molecule has 1 amide bonds. The number of carboxylic acid groups (broad SMARTS) is 1. The maximum atomic E-state index is 12.3. The molecule has 1 heterocycles. The van der Waals surface area contributed by atoms with E-state index in [1.807, 2.05) is 0 Å². The molecule has 9 nitrogen and oxygen atoms in total. The van der Waals surface area contributed by atoms with Crippen LogP contribution in [0.5, 0.6) is 11.5 Å². The van der Waals surface area contributed by atoms with Gasteiger partial charge in [-0.05, 0) is 26.0 Å². The average Bonchev–Trinajstić information content (AvgIpc) is 2.78. The lowest BCUT2D eigenvalue weighted by Gasteiger charge is -2.20. The minimum atomic E-state index is -3.84. The Kier molecular flexibility index (Phi) is 6.09. The largest absolute Gasteiger partial charge is 0.490 e. The molecule has 0 bridgehead atoms. The third-order valence-electron chi connectivity index (χ3n) is 3.66. The number of aliphatic carboxylic acids is 1. The number of sulfonamides is 1. The van der Waals surface area contributed by atoms with E-state index in [4.69, 9.17) is 14.6 Å². The predicted molar refractivity (Wildman–Crippen MR) is 91.7 cm³/mol. The van der Waals surface area contributed by atoms with E-state index in [9.17, 15) is 18.0 Å². The number of carbonyl (C=O) groups excluding carboxylic acids is 1. The van der Waals surface area contributed by atoms with Gasteiger partial charge in [-0.25, -0.2) is 17.9 Å². The molecule has 0 atom stereocenters. The van der Waals surface area contributed by atoms with Crippen LogP contribution in [0.2, 0.25) is 0 Å². The highest BCUT2D eigenvalue weighted by atomic mass is 32.2. The molecular weight excluding hydrogens is 364 g/mol. The maximum Gasteiger partial charge on any atom is 0.328 e. The van der Waals surface area contributed by atoms with Crippen molar-refractivity contribution in [3.63, 3.8) is 0 Å². The molecule has 1 aliphatic heterocycles. The molecule has 1 aromatic carbocycles. The molecule has 2 rings (SSSR count). The second-order valence-corrected chi connectivity index (χ2v) is 8.05. The van der Waals surface area contributed by atoms with Crippen LogP contribution in [0, 0.1) is 0 Å². The summed E-state index contributed by atoms with van der Waals surface area (Å²) in [5.74, 6) is -0.916. The zero-order valence-electron chi connectivity index (χ0n) is 14.6. The van der Waals surface area contributed by atoms with Gasteiger partial charge < -0.3 is 19.9 Å². The monoisotopic (exact) mass is 386 g/mol. The van der Waals surface area contributed by atoms with E-state index in [-0.39, 0.29) is 17.9 Å². The maximum absolute atomic E-state index is 12.3. The summed E-state index contributed by atoms with van der Waals surface area (Å²) < 4.78 is 37.9. The zero-order valence-corrected chi connectivity index (χ0v) is 15.4. The summed E-state index contributed by atoms with van der Waals surface area (Å²) >= 11 is 0. The first-order valence-electron chi connectivity index (χ1n) is 8.05. The first-order valence-corrected chi connectivity index (χ1v) is 9.54. The Balaban J connectivity index is 1.96. The minimum Gasteiger partial charge on any atom is -0.490 e. The second-order valence-electron chi connectivity index (χ2n) is 6.29. The van der Waals surface area contributed by atoms with Crippen molar-refractivity contribution in [1.82, 2.24) is 10.0 Å². The van der Waals surface area contributed by atoms with Crippen LogP contribution in [-0.2, 0) is 19.6 Å². The van der Waals surface area contributed by atoms with Crippen molar-refractivity contribution in [2.75, 3.05) is 19.8 Å². The van der Waals surface area contributed by atoms with Gasteiger partial charge in [0.15, 0.2) is 11.5 Å². The standard InChI is InChI=1S/C16H22N2O7S/c1-16(2,15(20)21)18-14(19)6-7-17-26(22,23)11-4-5-12-13(10-11)25-9-3-8-24-12/h4-5,10,17H,3,6-9H2,1-2H3,(H,18,19)(H,20,21). The number of amides is 1. The molecule has 1 aliphatic rings. The lowest BCUT2D eigenvalue weighted by atomic mass is 10.1. The van der Waals surface area contributed by atoms with Gasteiger partial charge in [0.05, 0.1) is 18.1 Å². The fourth-order valence-electron chi connectivity index (χ4n) is 2.16. The van der Waals surface area contributed by atoms with E-state index in [0.29, 0.717) is 31.1 Å². The first kappa shape index (κ1) is 20.0. The molecule has 26 heavy (non-hydrogen) atoms. The van der Waals surface area contributed by atoms with Gasteiger partial charge in [0.2, 0.25) is 15.9 Å². The van der Waals surface area contributed by atoms with Gasteiger partial charge in [-0.1, -0.05) is 0 Å². The van der Waals surface area contributed by atoms with E-state index >= 15 is 0 Å². The number of carboxylic acids is 1. The normalized spacial score (nSPS) is 14.4. The highest BCUT2D eigenvalue weighted by Crippen LogP contribution is 2.31. The van der Waals surface area contributed by atoms with E-state index in [0.717, 1.165) is 0 Å². The molecule has 0 unspecified atom stereocenters. The number of benzene rings is 1. The summed E-state index contributed by atoms with van der Waals surface area (Å²) in [4.78, 5) is 22.7. The Labute approximate surface area is 151 Å². The van der Waals surface area contributed by atoms with Gasteiger partial charge in [-0.2, -0.15) is 0 Å². The molecule has 144 valence electrons. The molecule has 0 spiro atoms. The van der Waals surface area contributed by atoms with Crippen LogP contribution in [0.15, 0.2) is 23.1 Å². The molecule has 0 aliphatic carbocycles. The SMILES string of the molecule is CC(C)(NC(=O)CCNS(=O)(=O)c1ccc2c(c1)OCCCO2)C(=O)O. The zero-order chi connectivity index (χ0) is 19.4. The van der Waals surface area contributed by atoms with Crippen molar-refractivity contribution in [3.05, 3.63) is 18.2 Å². The Morgan fingerprint density at radius 2 is 1.85 bits per heavy atom. The van der Waals surface area contributed by atoms with Crippen molar-refractivity contribution in [2.45, 2.75) is 37.1 Å². The fourth-order valence-corrected chi connectivity index (χ4v) is 3.20. The summed E-state index contributed by atoms with van der Waals surface area (Å²) in [6.07, 6.45) is 0.511. The van der Waals surface area contributed by atoms with Crippen molar-refractivity contribution < 1.29 is 32.6 Å². The lowest BCUT2D eigenvalue weighted by molar-refractivity contribution is -0.146. The third kappa shape index (κ3) is 5.09. The van der Waals surface area contributed by atoms with Gasteiger partial charge in [-0.3, -0.25) is 4.79 Å². The van der Waals surface area contributed by atoms with E-state index in [2.05, 4.69) is 10.0 Å². The Hall–Kier alpha value is -2.33. The van der Waals surface area contributed by atoms with Crippen LogP contribution in [0.3, 0.4) is 0 Å². The van der Waals surface area contributed by atoms with Gasteiger partial charge in [0.1, 0.15) is 5.54 Å². The van der Waals surface area contributed by atoms with Crippen LogP contribution >= 0.6 is 0 Å². The fraction of sp³-hybridized carbons (Fsp3) is 0.500. The summed E-state index contributed by atoms with van der Waals surface area (Å²) in [6.45, 7) is 3.45. The highest BCUT2D eigenvalue weighted by molar-refractivity contribution is 7.89. The minimum absolute atomic E-state index is 0.00646.